The summed E-state index contributed by atoms with van der Waals surface area (Å²) in [7, 11) is 0. The molecular weight excluding hydrogens is 292 g/mol. The minimum atomic E-state index is 0.0405. The molecule has 23 heavy (non-hydrogen) atoms. The van der Waals surface area contributed by atoms with Crippen LogP contribution in [-0.4, -0.2) is 40.1 Å². The van der Waals surface area contributed by atoms with E-state index in [2.05, 4.69) is 36.2 Å². The van der Waals surface area contributed by atoms with Crippen LogP contribution in [0.3, 0.4) is 0 Å². The van der Waals surface area contributed by atoms with Gasteiger partial charge in [-0.25, -0.2) is 0 Å². The van der Waals surface area contributed by atoms with Gasteiger partial charge in [-0.05, 0) is 25.7 Å². The summed E-state index contributed by atoms with van der Waals surface area (Å²) < 4.78 is 5.39. The maximum atomic E-state index is 11.8. The number of rotatable bonds is 7. The predicted octanol–water partition coefficient (Wildman–Crippen LogP) is 2.71. The fourth-order valence-corrected chi connectivity index (χ4v) is 3.12. The van der Waals surface area contributed by atoms with Gasteiger partial charge in [-0.3, -0.25) is 4.79 Å². The zero-order chi connectivity index (χ0) is 16.8. The number of aryl methyl sites for hydroxylation is 1. The Morgan fingerprint density at radius 1 is 1.48 bits per heavy atom. The average Bonchev–Trinajstić information content (AvgIpc) is 3.03. The van der Waals surface area contributed by atoms with Crippen molar-refractivity contribution in [2.75, 3.05) is 13.1 Å². The number of amides is 1. The number of hydrogen-bond acceptors (Lipinski definition) is 5. The third-order valence-corrected chi connectivity index (χ3v) is 4.63. The van der Waals surface area contributed by atoms with Gasteiger partial charge in [0.05, 0.1) is 6.04 Å². The lowest BCUT2D eigenvalue weighted by molar-refractivity contribution is -0.132. The van der Waals surface area contributed by atoms with Gasteiger partial charge in [0.25, 0.3) is 0 Å². The van der Waals surface area contributed by atoms with Crippen LogP contribution in [0.1, 0.15) is 71.1 Å². The summed E-state index contributed by atoms with van der Waals surface area (Å²) in [5, 5.41) is 7.65. The van der Waals surface area contributed by atoms with Crippen molar-refractivity contribution in [3.05, 3.63) is 11.7 Å². The van der Waals surface area contributed by atoms with Gasteiger partial charge in [-0.15, -0.1) is 0 Å². The molecule has 6 nitrogen and oxygen atoms in total. The fraction of sp³-hybridized carbons (Fsp3) is 0.824. The number of piperidine rings is 1. The average molecular weight is 322 g/mol. The van der Waals surface area contributed by atoms with Crippen molar-refractivity contribution < 1.29 is 9.32 Å². The van der Waals surface area contributed by atoms with Crippen molar-refractivity contribution >= 4 is 5.91 Å². The molecule has 1 saturated heterocycles. The number of unbranched alkanes of at least 4 members (excludes halogenated alkanes) is 1. The molecule has 6 heteroatoms. The molecule has 0 bridgehead atoms. The second-order valence-electron chi connectivity index (χ2n) is 6.61. The monoisotopic (exact) mass is 322 g/mol. The smallest absolute Gasteiger partial charge is 0.243 e. The first-order valence-corrected chi connectivity index (χ1v) is 8.91. The van der Waals surface area contributed by atoms with Gasteiger partial charge in [-0.1, -0.05) is 32.3 Å². The van der Waals surface area contributed by atoms with E-state index in [-0.39, 0.29) is 11.9 Å². The van der Waals surface area contributed by atoms with Gasteiger partial charge < -0.3 is 14.7 Å². The predicted molar refractivity (Wildman–Crippen MR) is 88.9 cm³/mol. The molecule has 0 aliphatic carbocycles. The Morgan fingerprint density at radius 3 is 2.91 bits per heavy atom. The highest BCUT2D eigenvalue weighted by Crippen LogP contribution is 2.21. The third kappa shape index (κ3) is 4.77. The van der Waals surface area contributed by atoms with Crippen LogP contribution in [0.5, 0.6) is 0 Å². The van der Waals surface area contributed by atoms with Crippen LogP contribution in [0.4, 0.5) is 0 Å². The van der Waals surface area contributed by atoms with Gasteiger partial charge in [-0.2, -0.15) is 4.98 Å². The Kier molecular flexibility index (Phi) is 6.57. The van der Waals surface area contributed by atoms with Crippen molar-refractivity contribution in [3.63, 3.8) is 0 Å². The van der Waals surface area contributed by atoms with Crippen LogP contribution in [0.25, 0.3) is 0 Å². The lowest BCUT2D eigenvalue weighted by Crippen LogP contribution is -2.50. The van der Waals surface area contributed by atoms with E-state index < -0.39 is 0 Å². The molecule has 1 fully saturated rings. The fourth-order valence-electron chi connectivity index (χ4n) is 3.12. The molecule has 1 aromatic rings. The third-order valence-electron chi connectivity index (χ3n) is 4.63. The Balaban J connectivity index is 1.86. The number of nitrogens with zero attached hydrogens (tertiary/aromatic N) is 3. The number of aromatic nitrogens is 2. The molecule has 130 valence electrons. The van der Waals surface area contributed by atoms with Gasteiger partial charge in [0.1, 0.15) is 0 Å². The van der Waals surface area contributed by atoms with E-state index in [0.29, 0.717) is 24.3 Å². The molecule has 1 aliphatic heterocycles. The molecule has 3 atom stereocenters. The van der Waals surface area contributed by atoms with E-state index in [4.69, 9.17) is 4.52 Å². The molecule has 0 unspecified atom stereocenters. The van der Waals surface area contributed by atoms with Crippen LogP contribution >= 0.6 is 0 Å². The van der Waals surface area contributed by atoms with Crippen molar-refractivity contribution in [1.29, 1.82) is 0 Å². The number of carbonyl (C=O) groups is 1. The molecule has 1 amide bonds. The highest BCUT2D eigenvalue weighted by molar-refractivity contribution is 5.75. The van der Waals surface area contributed by atoms with E-state index in [1.54, 1.807) is 0 Å². The minimum Gasteiger partial charge on any atom is -0.342 e. The van der Waals surface area contributed by atoms with Crippen LogP contribution in [0.15, 0.2) is 4.52 Å². The first-order chi connectivity index (χ1) is 11.0. The largest absolute Gasteiger partial charge is 0.342 e. The van der Waals surface area contributed by atoms with Crippen molar-refractivity contribution in [2.45, 2.75) is 71.9 Å². The van der Waals surface area contributed by atoms with E-state index >= 15 is 0 Å². The molecule has 0 spiro atoms. The van der Waals surface area contributed by atoms with Gasteiger partial charge in [0.2, 0.25) is 11.8 Å². The normalized spacial score (nSPS) is 23.0. The van der Waals surface area contributed by atoms with E-state index in [9.17, 15) is 4.79 Å². The van der Waals surface area contributed by atoms with Crippen LogP contribution in [-0.2, 0) is 11.2 Å². The second kappa shape index (κ2) is 8.43. The highest BCUT2D eigenvalue weighted by Gasteiger charge is 2.29. The van der Waals surface area contributed by atoms with E-state index in [1.165, 1.54) is 0 Å². The first-order valence-electron chi connectivity index (χ1n) is 8.91. The van der Waals surface area contributed by atoms with Crippen molar-refractivity contribution in [1.82, 2.24) is 20.4 Å². The summed E-state index contributed by atoms with van der Waals surface area (Å²) in [6.07, 6.45) is 4.64. The lowest BCUT2D eigenvalue weighted by atomic mass is 9.93. The summed E-state index contributed by atoms with van der Waals surface area (Å²) in [5.74, 6) is 2.13. The molecule has 0 saturated carbocycles. The summed E-state index contributed by atoms with van der Waals surface area (Å²) in [5.41, 5.74) is 0. The van der Waals surface area contributed by atoms with E-state index in [1.807, 2.05) is 11.8 Å². The summed E-state index contributed by atoms with van der Waals surface area (Å²) >= 11 is 0. The highest BCUT2D eigenvalue weighted by atomic mass is 16.5. The van der Waals surface area contributed by atoms with Crippen LogP contribution < -0.4 is 5.32 Å². The zero-order valence-electron chi connectivity index (χ0n) is 14.8. The Labute approximate surface area is 139 Å². The van der Waals surface area contributed by atoms with Gasteiger partial charge in [0.15, 0.2) is 5.82 Å². The second-order valence-corrected chi connectivity index (χ2v) is 6.61. The maximum absolute atomic E-state index is 11.8. The number of nitrogens with one attached hydrogen (secondary N) is 1. The molecule has 1 aromatic heterocycles. The van der Waals surface area contributed by atoms with Crippen LogP contribution in [0, 0.1) is 5.92 Å². The Bertz CT molecular complexity index is 503. The molecule has 2 rings (SSSR count). The zero-order valence-corrected chi connectivity index (χ0v) is 14.8. The van der Waals surface area contributed by atoms with Crippen LogP contribution in [0.2, 0.25) is 0 Å². The topological polar surface area (TPSA) is 71.3 Å². The quantitative estimate of drug-likeness (QED) is 0.835. The minimum absolute atomic E-state index is 0.0405. The lowest BCUT2D eigenvalue weighted by Gasteiger charge is -2.38. The summed E-state index contributed by atoms with van der Waals surface area (Å²) in [6.45, 7) is 9.98. The molecule has 0 aromatic carbocycles. The number of hydrogen-bond donors (Lipinski definition) is 1. The first kappa shape index (κ1) is 17.9. The standard InChI is InChI=1S/C17H30N4O2/c1-5-7-8-15-19-17(23-20-15)13(4)18-14-9-10-21(11-12(14)3)16(22)6-2/h12-14,18H,5-11H2,1-4H3/t12-,13-,14+/m0/s1. The molecule has 2 heterocycles. The summed E-state index contributed by atoms with van der Waals surface area (Å²) in [4.78, 5) is 18.3. The van der Waals surface area contributed by atoms with Crippen molar-refractivity contribution in [3.8, 4) is 0 Å². The number of carbonyl (C=O) groups excluding carboxylic acids is 1. The molecule has 0 radical (unpaired) electrons. The Morgan fingerprint density at radius 2 is 2.26 bits per heavy atom. The van der Waals surface area contributed by atoms with Gasteiger partial charge >= 0.3 is 0 Å². The molecule has 1 aliphatic rings. The molecular formula is C17H30N4O2. The number of likely N-dealkylation sites (tertiary alicyclic amines) is 1. The summed E-state index contributed by atoms with van der Waals surface area (Å²) in [6, 6.07) is 0.413. The van der Waals surface area contributed by atoms with Crippen molar-refractivity contribution in [2.24, 2.45) is 5.92 Å². The van der Waals surface area contributed by atoms with Gasteiger partial charge in [0, 0.05) is 32.0 Å². The maximum Gasteiger partial charge on any atom is 0.243 e. The van der Waals surface area contributed by atoms with E-state index in [0.717, 1.165) is 44.6 Å². The Hall–Kier alpha value is -1.43. The molecule has 1 N–H and O–H groups in total. The SMILES string of the molecule is CCCCc1noc([C@H](C)N[C@@H]2CCN(C(=O)CC)C[C@@H]2C)n1.